The first kappa shape index (κ1) is 12.7. The van der Waals surface area contributed by atoms with E-state index in [1.54, 1.807) is 12.1 Å². The Morgan fingerprint density at radius 2 is 1.67 bits per heavy atom. The maximum absolute atomic E-state index is 11.4. The number of methoxy groups -OCH3 is 2. The van der Waals surface area contributed by atoms with Crippen LogP contribution in [0.4, 0.5) is 0 Å². The van der Waals surface area contributed by atoms with Crippen LogP contribution in [0, 0.1) is 0 Å². The van der Waals surface area contributed by atoms with Crippen molar-refractivity contribution in [3.63, 3.8) is 0 Å². The van der Waals surface area contributed by atoms with Crippen LogP contribution in [0.2, 0.25) is 0 Å². The fraction of sp³-hybridized carbons (Fsp3) is 0.154. The molecule has 0 unspecified atom stereocenters. The lowest BCUT2D eigenvalue weighted by molar-refractivity contribution is 0.0695. The van der Waals surface area contributed by atoms with Crippen LogP contribution in [0.3, 0.4) is 0 Å². The van der Waals surface area contributed by atoms with Crippen molar-refractivity contribution in [3.05, 3.63) is 34.3 Å². The van der Waals surface area contributed by atoms with E-state index < -0.39 is 5.97 Å². The summed E-state index contributed by atoms with van der Waals surface area (Å²) in [5.74, 6) is -0.211. The van der Waals surface area contributed by atoms with Gasteiger partial charge in [0.25, 0.3) is 0 Å². The second-order valence-corrected chi connectivity index (χ2v) is 4.40. The first-order valence-corrected chi connectivity index (χ1v) is 5.96. The van der Waals surface area contributed by atoms with Gasteiger partial charge in [0.15, 0.2) is 5.75 Å². The molecular formula is C13H11BrO4. The Labute approximate surface area is 112 Å². The van der Waals surface area contributed by atoms with Crippen molar-refractivity contribution in [2.45, 2.75) is 0 Å². The van der Waals surface area contributed by atoms with Crippen LogP contribution >= 0.6 is 15.9 Å². The molecule has 2 aromatic rings. The maximum Gasteiger partial charge on any atom is 0.340 e. The van der Waals surface area contributed by atoms with Gasteiger partial charge in [-0.2, -0.15) is 0 Å². The predicted molar refractivity (Wildman–Crippen MR) is 71.7 cm³/mol. The number of halogens is 1. The van der Waals surface area contributed by atoms with E-state index in [9.17, 15) is 9.90 Å². The number of fused-ring (bicyclic) bond motifs is 1. The highest BCUT2D eigenvalue weighted by atomic mass is 79.9. The van der Waals surface area contributed by atoms with Crippen LogP contribution < -0.4 is 9.47 Å². The summed E-state index contributed by atoms with van der Waals surface area (Å²) in [7, 11) is 2.97. The molecular weight excluding hydrogens is 300 g/mol. The molecule has 0 aliphatic carbocycles. The molecule has 0 aliphatic rings. The summed E-state index contributed by atoms with van der Waals surface area (Å²) in [5.41, 5.74) is 0.126. The minimum Gasteiger partial charge on any atom is -0.495 e. The van der Waals surface area contributed by atoms with Crippen molar-refractivity contribution in [1.82, 2.24) is 0 Å². The van der Waals surface area contributed by atoms with Gasteiger partial charge in [-0.15, -0.1) is 0 Å². The Hall–Kier alpha value is -1.75. The molecule has 0 spiro atoms. The standard InChI is InChI=1S/C13H11BrO4/c1-17-11-8-6-4-3-5-7(8)9(13(15)16)12(18-2)10(11)14/h3-6H,1-2H3,(H,15,16). The molecule has 0 saturated heterocycles. The summed E-state index contributed by atoms with van der Waals surface area (Å²) >= 11 is 3.33. The lowest BCUT2D eigenvalue weighted by atomic mass is 10.0. The third-order valence-electron chi connectivity index (χ3n) is 2.69. The average molecular weight is 311 g/mol. The van der Waals surface area contributed by atoms with Crippen molar-refractivity contribution >= 4 is 32.7 Å². The van der Waals surface area contributed by atoms with Crippen LogP contribution in [0.5, 0.6) is 11.5 Å². The van der Waals surface area contributed by atoms with Gasteiger partial charge < -0.3 is 14.6 Å². The van der Waals surface area contributed by atoms with Crippen molar-refractivity contribution in [3.8, 4) is 11.5 Å². The number of aromatic carboxylic acids is 1. The zero-order valence-electron chi connectivity index (χ0n) is 9.86. The van der Waals surface area contributed by atoms with Crippen LogP contribution in [0.15, 0.2) is 28.7 Å². The third-order valence-corrected chi connectivity index (χ3v) is 3.41. The monoisotopic (exact) mass is 310 g/mol. The second-order valence-electron chi connectivity index (χ2n) is 3.61. The Morgan fingerprint density at radius 1 is 1.11 bits per heavy atom. The Morgan fingerprint density at radius 3 is 2.17 bits per heavy atom. The molecule has 0 radical (unpaired) electrons. The number of carbonyl (C=O) groups is 1. The molecule has 4 nitrogen and oxygen atoms in total. The van der Waals surface area contributed by atoms with Crippen molar-refractivity contribution in [2.75, 3.05) is 14.2 Å². The first-order chi connectivity index (χ1) is 8.61. The molecule has 0 fully saturated rings. The molecule has 2 rings (SSSR count). The first-order valence-electron chi connectivity index (χ1n) is 5.17. The van der Waals surface area contributed by atoms with Gasteiger partial charge in [-0.3, -0.25) is 0 Å². The second kappa shape index (κ2) is 4.86. The molecule has 0 atom stereocenters. The lowest BCUT2D eigenvalue weighted by Gasteiger charge is -2.15. The molecule has 0 amide bonds. The summed E-state index contributed by atoms with van der Waals surface area (Å²) in [5, 5.41) is 10.7. The predicted octanol–water partition coefficient (Wildman–Crippen LogP) is 3.32. The number of rotatable bonds is 3. The van der Waals surface area contributed by atoms with Crippen molar-refractivity contribution < 1.29 is 19.4 Å². The third kappa shape index (κ3) is 1.80. The number of carboxylic acids is 1. The van der Waals surface area contributed by atoms with E-state index in [1.165, 1.54) is 14.2 Å². The molecule has 5 heteroatoms. The summed E-state index contributed by atoms with van der Waals surface area (Å²) in [6.45, 7) is 0. The highest BCUT2D eigenvalue weighted by molar-refractivity contribution is 9.10. The van der Waals surface area contributed by atoms with Gasteiger partial charge in [0.1, 0.15) is 15.8 Å². The minimum atomic E-state index is -1.04. The molecule has 1 N–H and O–H groups in total. The molecule has 94 valence electrons. The zero-order valence-corrected chi connectivity index (χ0v) is 11.4. The smallest absolute Gasteiger partial charge is 0.340 e. The Kier molecular flexibility index (Phi) is 3.43. The normalized spacial score (nSPS) is 10.4. The number of benzene rings is 2. The molecule has 0 bridgehead atoms. The fourth-order valence-electron chi connectivity index (χ4n) is 1.96. The van der Waals surface area contributed by atoms with E-state index >= 15 is 0 Å². The van der Waals surface area contributed by atoms with Gasteiger partial charge in [0.05, 0.1) is 14.2 Å². The number of carboxylic acid groups (broad SMARTS) is 1. The quantitative estimate of drug-likeness (QED) is 0.945. The number of hydrogen-bond donors (Lipinski definition) is 1. The van der Waals surface area contributed by atoms with Crippen molar-refractivity contribution in [1.29, 1.82) is 0 Å². The molecule has 0 heterocycles. The summed E-state index contributed by atoms with van der Waals surface area (Å²) in [6, 6.07) is 7.15. The largest absolute Gasteiger partial charge is 0.495 e. The van der Waals surface area contributed by atoms with Crippen LogP contribution in [0.1, 0.15) is 10.4 Å². The van der Waals surface area contributed by atoms with E-state index in [2.05, 4.69) is 15.9 Å². The summed E-state index contributed by atoms with van der Waals surface area (Å²) in [6.07, 6.45) is 0. The van der Waals surface area contributed by atoms with E-state index in [-0.39, 0.29) is 11.3 Å². The Bertz CT molecular complexity index is 622. The van der Waals surface area contributed by atoms with Crippen molar-refractivity contribution in [2.24, 2.45) is 0 Å². The van der Waals surface area contributed by atoms with Crippen LogP contribution in [-0.4, -0.2) is 25.3 Å². The highest BCUT2D eigenvalue weighted by Crippen LogP contribution is 2.44. The minimum absolute atomic E-state index is 0.126. The number of hydrogen-bond acceptors (Lipinski definition) is 3. The lowest BCUT2D eigenvalue weighted by Crippen LogP contribution is -2.04. The van der Waals surface area contributed by atoms with Gasteiger partial charge in [-0.25, -0.2) is 4.79 Å². The SMILES string of the molecule is COc1c(Br)c(OC)c2ccccc2c1C(=O)O. The summed E-state index contributed by atoms with van der Waals surface area (Å²) < 4.78 is 11.0. The summed E-state index contributed by atoms with van der Waals surface area (Å²) in [4.78, 5) is 11.4. The molecule has 0 aliphatic heterocycles. The van der Waals surface area contributed by atoms with E-state index in [4.69, 9.17) is 9.47 Å². The van der Waals surface area contributed by atoms with E-state index in [0.29, 0.717) is 15.6 Å². The molecule has 0 saturated carbocycles. The number of ether oxygens (including phenoxy) is 2. The van der Waals surface area contributed by atoms with Gasteiger partial charge in [0, 0.05) is 10.8 Å². The average Bonchev–Trinajstić information content (AvgIpc) is 2.37. The van der Waals surface area contributed by atoms with Gasteiger partial charge in [-0.05, 0) is 15.9 Å². The molecule has 18 heavy (non-hydrogen) atoms. The fourth-order valence-corrected chi connectivity index (χ4v) is 2.69. The highest BCUT2D eigenvalue weighted by Gasteiger charge is 2.23. The maximum atomic E-state index is 11.4. The van der Waals surface area contributed by atoms with Crippen LogP contribution in [-0.2, 0) is 0 Å². The van der Waals surface area contributed by atoms with Gasteiger partial charge in [0.2, 0.25) is 0 Å². The van der Waals surface area contributed by atoms with E-state index in [0.717, 1.165) is 5.39 Å². The van der Waals surface area contributed by atoms with Gasteiger partial charge in [-0.1, -0.05) is 24.3 Å². The topological polar surface area (TPSA) is 55.8 Å². The van der Waals surface area contributed by atoms with E-state index in [1.807, 2.05) is 12.1 Å². The zero-order chi connectivity index (χ0) is 13.3. The Balaban J connectivity index is 3.01. The molecule has 2 aromatic carbocycles. The van der Waals surface area contributed by atoms with Crippen LogP contribution in [0.25, 0.3) is 10.8 Å². The molecule has 0 aromatic heterocycles. The van der Waals surface area contributed by atoms with Gasteiger partial charge >= 0.3 is 5.97 Å².